The number of amides is 1. The molecular formula is C19H23N5O4S. The first-order valence-corrected chi connectivity index (χ1v) is 10.5. The lowest BCUT2D eigenvalue weighted by molar-refractivity contribution is -0.123. The summed E-state index contributed by atoms with van der Waals surface area (Å²) in [6.07, 6.45) is 0.547. The number of carbonyl (C=O) groups is 1. The van der Waals surface area contributed by atoms with Crippen LogP contribution in [0, 0.1) is 13.8 Å². The van der Waals surface area contributed by atoms with Crippen LogP contribution in [0.1, 0.15) is 16.8 Å². The van der Waals surface area contributed by atoms with Gasteiger partial charge in [0.2, 0.25) is 15.9 Å². The summed E-state index contributed by atoms with van der Waals surface area (Å²) in [6.45, 7) is 4.09. The van der Waals surface area contributed by atoms with Crippen LogP contribution in [0.25, 0.3) is 11.0 Å². The van der Waals surface area contributed by atoms with E-state index in [1.165, 1.54) is 12.1 Å². The van der Waals surface area contributed by atoms with E-state index in [9.17, 15) is 13.2 Å². The SMILES string of the molecule is Cc1cc(C)c2c(OCC(=O)NCCc3ccc(S(N)(=O)=O)cc3)nn(C)c2n1. The number of sulfonamides is 1. The number of aromatic nitrogens is 3. The first-order chi connectivity index (χ1) is 13.6. The Morgan fingerprint density at radius 1 is 1.24 bits per heavy atom. The van der Waals surface area contributed by atoms with E-state index < -0.39 is 10.0 Å². The summed E-state index contributed by atoms with van der Waals surface area (Å²) in [5, 5.41) is 12.9. The molecule has 1 amide bonds. The first-order valence-electron chi connectivity index (χ1n) is 8.97. The first kappa shape index (κ1) is 20.7. The van der Waals surface area contributed by atoms with Crippen molar-refractivity contribution in [2.24, 2.45) is 12.2 Å². The number of carbonyl (C=O) groups excluding carboxylic acids is 1. The van der Waals surface area contributed by atoms with Crippen molar-refractivity contribution >= 4 is 27.0 Å². The minimum Gasteiger partial charge on any atom is -0.466 e. The van der Waals surface area contributed by atoms with E-state index in [4.69, 9.17) is 9.88 Å². The third-order valence-electron chi connectivity index (χ3n) is 4.41. The van der Waals surface area contributed by atoms with Gasteiger partial charge >= 0.3 is 0 Å². The Labute approximate surface area is 168 Å². The van der Waals surface area contributed by atoms with Crippen LogP contribution < -0.4 is 15.2 Å². The molecule has 154 valence electrons. The zero-order chi connectivity index (χ0) is 21.2. The van der Waals surface area contributed by atoms with Gasteiger partial charge in [0.25, 0.3) is 5.91 Å². The predicted molar refractivity (Wildman–Crippen MR) is 108 cm³/mol. The summed E-state index contributed by atoms with van der Waals surface area (Å²) in [5.41, 5.74) is 3.46. The average molecular weight is 417 g/mol. The Morgan fingerprint density at radius 2 is 1.93 bits per heavy atom. The Morgan fingerprint density at radius 3 is 2.59 bits per heavy atom. The van der Waals surface area contributed by atoms with Crippen LogP contribution in [-0.4, -0.2) is 42.2 Å². The highest BCUT2D eigenvalue weighted by atomic mass is 32.2. The molecule has 3 aromatic rings. The molecule has 0 fully saturated rings. The van der Waals surface area contributed by atoms with Gasteiger partial charge in [-0.3, -0.25) is 4.79 Å². The second kappa shape index (κ2) is 8.18. The number of nitrogens with two attached hydrogens (primary N) is 1. The van der Waals surface area contributed by atoms with Crippen molar-refractivity contribution in [2.75, 3.05) is 13.2 Å². The number of rotatable bonds is 7. The molecule has 10 heteroatoms. The van der Waals surface area contributed by atoms with Gasteiger partial charge in [-0.05, 0) is 49.6 Å². The maximum Gasteiger partial charge on any atom is 0.258 e. The summed E-state index contributed by atoms with van der Waals surface area (Å²) >= 11 is 0. The molecule has 0 unspecified atom stereocenters. The van der Waals surface area contributed by atoms with Crippen LogP contribution in [-0.2, 0) is 28.3 Å². The standard InChI is InChI=1S/C19H23N5O4S/c1-12-10-13(2)22-18-17(12)19(23-24(18)3)28-11-16(25)21-9-8-14-4-6-15(7-5-14)29(20,26)27/h4-7,10H,8-9,11H2,1-3H3,(H,21,25)(H2,20,26,27). The fourth-order valence-electron chi connectivity index (χ4n) is 3.03. The van der Waals surface area contributed by atoms with Crippen molar-refractivity contribution in [1.82, 2.24) is 20.1 Å². The van der Waals surface area contributed by atoms with Crippen LogP contribution in [0.2, 0.25) is 0 Å². The number of pyridine rings is 1. The van der Waals surface area contributed by atoms with Gasteiger partial charge in [-0.25, -0.2) is 23.2 Å². The van der Waals surface area contributed by atoms with E-state index in [0.717, 1.165) is 22.2 Å². The van der Waals surface area contributed by atoms with E-state index >= 15 is 0 Å². The van der Waals surface area contributed by atoms with Crippen LogP contribution >= 0.6 is 0 Å². The van der Waals surface area contributed by atoms with Gasteiger partial charge in [-0.15, -0.1) is 5.10 Å². The van der Waals surface area contributed by atoms with Gasteiger partial charge in [0.05, 0.1) is 10.3 Å². The largest absolute Gasteiger partial charge is 0.466 e. The summed E-state index contributed by atoms with van der Waals surface area (Å²) in [5.74, 6) is 0.101. The molecule has 3 rings (SSSR count). The molecule has 0 atom stereocenters. The fraction of sp³-hybridized carbons (Fsp3) is 0.316. The van der Waals surface area contributed by atoms with Gasteiger partial charge in [0, 0.05) is 19.3 Å². The van der Waals surface area contributed by atoms with Crippen LogP contribution in [0.5, 0.6) is 5.88 Å². The molecule has 0 saturated carbocycles. The Balaban J connectivity index is 1.54. The van der Waals surface area contributed by atoms with Crippen molar-refractivity contribution < 1.29 is 17.9 Å². The summed E-state index contributed by atoms with van der Waals surface area (Å²) in [4.78, 5) is 16.6. The number of ether oxygens (including phenoxy) is 1. The monoisotopic (exact) mass is 417 g/mol. The predicted octanol–water partition coefficient (Wildman–Crippen LogP) is 0.970. The molecule has 9 nitrogen and oxygen atoms in total. The van der Waals surface area contributed by atoms with Gasteiger partial charge < -0.3 is 10.1 Å². The highest BCUT2D eigenvalue weighted by molar-refractivity contribution is 7.89. The van der Waals surface area contributed by atoms with Crippen LogP contribution in [0.3, 0.4) is 0 Å². The van der Waals surface area contributed by atoms with Crippen LogP contribution in [0.4, 0.5) is 0 Å². The summed E-state index contributed by atoms with van der Waals surface area (Å²) in [6, 6.07) is 8.16. The molecule has 0 aliphatic heterocycles. The molecule has 2 aromatic heterocycles. The average Bonchev–Trinajstić information content (AvgIpc) is 2.96. The zero-order valence-electron chi connectivity index (χ0n) is 16.5. The van der Waals surface area contributed by atoms with Crippen molar-refractivity contribution in [1.29, 1.82) is 0 Å². The molecule has 0 saturated heterocycles. The normalized spacial score (nSPS) is 11.6. The number of aryl methyl sites for hydroxylation is 3. The van der Waals surface area contributed by atoms with Gasteiger partial charge in [-0.2, -0.15) is 0 Å². The lowest BCUT2D eigenvalue weighted by Gasteiger charge is -2.07. The molecule has 0 aliphatic rings. The Hall–Kier alpha value is -2.98. The number of nitrogens with one attached hydrogen (secondary N) is 1. The molecule has 29 heavy (non-hydrogen) atoms. The summed E-state index contributed by atoms with van der Waals surface area (Å²) in [7, 11) is -1.93. The quantitative estimate of drug-likeness (QED) is 0.589. The van der Waals surface area contributed by atoms with Crippen LogP contribution in [0.15, 0.2) is 35.2 Å². The molecule has 0 bridgehead atoms. The second-order valence-corrected chi connectivity index (χ2v) is 8.35. The second-order valence-electron chi connectivity index (χ2n) is 6.79. The molecule has 2 heterocycles. The molecule has 1 aromatic carbocycles. The van der Waals surface area contributed by atoms with Gasteiger partial charge in [0.1, 0.15) is 0 Å². The smallest absolute Gasteiger partial charge is 0.258 e. The lowest BCUT2D eigenvalue weighted by Crippen LogP contribution is -2.30. The van der Waals surface area contributed by atoms with Crippen molar-refractivity contribution in [3.8, 4) is 5.88 Å². The molecule has 3 N–H and O–H groups in total. The Bertz CT molecular complexity index is 1150. The minimum atomic E-state index is -3.71. The van der Waals surface area contributed by atoms with E-state index in [0.29, 0.717) is 24.5 Å². The molecule has 0 spiro atoms. The molecular weight excluding hydrogens is 394 g/mol. The lowest BCUT2D eigenvalue weighted by atomic mass is 10.1. The van der Waals surface area contributed by atoms with E-state index in [2.05, 4.69) is 15.4 Å². The third kappa shape index (κ3) is 4.90. The molecule has 0 aliphatic carbocycles. The van der Waals surface area contributed by atoms with E-state index in [1.807, 2.05) is 19.9 Å². The highest BCUT2D eigenvalue weighted by Crippen LogP contribution is 2.26. The Kier molecular flexibility index (Phi) is 5.85. The number of benzene rings is 1. The maximum atomic E-state index is 12.1. The van der Waals surface area contributed by atoms with Gasteiger partial charge in [-0.1, -0.05) is 12.1 Å². The third-order valence-corrected chi connectivity index (χ3v) is 5.34. The number of hydrogen-bond donors (Lipinski definition) is 2. The number of hydrogen-bond acceptors (Lipinski definition) is 6. The van der Waals surface area contributed by atoms with Crippen molar-refractivity contribution in [2.45, 2.75) is 25.2 Å². The topological polar surface area (TPSA) is 129 Å². The highest BCUT2D eigenvalue weighted by Gasteiger charge is 2.15. The van der Waals surface area contributed by atoms with Gasteiger partial charge in [0.15, 0.2) is 12.3 Å². The number of fused-ring (bicyclic) bond motifs is 1. The van der Waals surface area contributed by atoms with Crippen molar-refractivity contribution in [3.05, 3.63) is 47.2 Å². The summed E-state index contributed by atoms with van der Waals surface area (Å²) < 4.78 is 29.8. The van der Waals surface area contributed by atoms with E-state index in [-0.39, 0.29) is 17.4 Å². The fourth-order valence-corrected chi connectivity index (χ4v) is 3.54. The number of nitrogens with zero attached hydrogens (tertiary/aromatic N) is 3. The van der Waals surface area contributed by atoms with E-state index in [1.54, 1.807) is 23.9 Å². The number of primary sulfonamides is 1. The minimum absolute atomic E-state index is 0.0567. The van der Waals surface area contributed by atoms with Crippen molar-refractivity contribution in [3.63, 3.8) is 0 Å². The zero-order valence-corrected chi connectivity index (χ0v) is 17.3. The maximum absolute atomic E-state index is 12.1. The molecule has 0 radical (unpaired) electrons.